The number of ether oxygens (including phenoxy) is 2. The van der Waals surface area contributed by atoms with Crippen molar-refractivity contribution in [2.75, 3.05) is 45.9 Å². The van der Waals surface area contributed by atoms with Crippen LogP contribution in [0.5, 0.6) is 0 Å². The monoisotopic (exact) mass is 986 g/mol. The molecular weight excluding hydrogens is 867 g/mol. The van der Waals surface area contributed by atoms with Crippen LogP contribution in [0.15, 0.2) is 0 Å². The Bertz CT molecular complexity index is 1190. The zero-order chi connectivity index (χ0) is 50.6. The highest BCUT2D eigenvalue weighted by Crippen LogP contribution is 2.41. The van der Waals surface area contributed by atoms with Gasteiger partial charge in [-0.15, -0.1) is 0 Å². The molecule has 1 aliphatic carbocycles. The Morgan fingerprint density at radius 3 is 1.40 bits per heavy atom. The molecule has 1 aliphatic heterocycles. The molecule has 412 valence electrons. The molecule has 2 N–H and O–H groups in total. The van der Waals surface area contributed by atoms with Gasteiger partial charge in [0.25, 0.3) is 0 Å². The molecule has 2 fully saturated rings. The van der Waals surface area contributed by atoms with Crippen LogP contribution in [0.3, 0.4) is 0 Å². The Labute approximate surface area is 435 Å². The lowest BCUT2D eigenvalue weighted by Gasteiger charge is -2.47. The van der Waals surface area contributed by atoms with E-state index < -0.39 is 5.54 Å². The summed E-state index contributed by atoms with van der Waals surface area (Å²) in [5, 5.41) is 7.13. The summed E-state index contributed by atoms with van der Waals surface area (Å²) in [6.45, 7) is 17.4. The molecular formula is C62H119N3O5. The number of nitrogens with zero attached hydrogens (tertiary/aromatic N) is 1. The normalized spacial score (nSPS) is 18.6. The summed E-state index contributed by atoms with van der Waals surface area (Å²) in [7, 11) is 0. The first-order valence-electron chi connectivity index (χ1n) is 31.4. The second kappa shape index (κ2) is 44.8. The maximum Gasteiger partial charge on any atom is 0.306 e. The Hall–Kier alpha value is -1.67. The third-order valence-corrected chi connectivity index (χ3v) is 16.4. The van der Waals surface area contributed by atoms with Gasteiger partial charge in [0, 0.05) is 19.4 Å². The molecule has 1 saturated carbocycles. The van der Waals surface area contributed by atoms with Crippen LogP contribution in [0.4, 0.5) is 0 Å². The van der Waals surface area contributed by atoms with Gasteiger partial charge in [0.15, 0.2) is 0 Å². The quantitative estimate of drug-likeness (QED) is 0.0463. The number of hydrogen-bond donors (Lipinski definition) is 2. The number of hydrogen-bond acceptors (Lipinski definition) is 7. The lowest BCUT2D eigenvalue weighted by atomic mass is 9.66. The van der Waals surface area contributed by atoms with E-state index in [4.69, 9.17) is 9.47 Å². The highest BCUT2D eigenvalue weighted by Gasteiger charge is 2.50. The second-order valence-corrected chi connectivity index (χ2v) is 23.0. The lowest BCUT2D eigenvalue weighted by molar-refractivity contribution is -0.150. The highest BCUT2D eigenvalue weighted by molar-refractivity contribution is 5.88. The Morgan fingerprint density at radius 1 is 0.500 bits per heavy atom. The first-order chi connectivity index (χ1) is 34.3. The first-order valence-corrected chi connectivity index (χ1v) is 31.4. The van der Waals surface area contributed by atoms with E-state index in [0.717, 1.165) is 84.1 Å². The molecule has 0 bridgehead atoms. The minimum absolute atomic E-state index is 0.0186. The van der Waals surface area contributed by atoms with Crippen molar-refractivity contribution in [1.29, 1.82) is 0 Å². The third kappa shape index (κ3) is 33.2. The van der Waals surface area contributed by atoms with Gasteiger partial charge in [0.05, 0.1) is 18.8 Å². The van der Waals surface area contributed by atoms with Crippen LogP contribution < -0.4 is 10.6 Å². The molecule has 1 unspecified atom stereocenters. The van der Waals surface area contributed by atoms with E-state index >= 15 is 0 Å². The smallest absolute Gasteiger partial charge is 0.306 e. The van der Waals surface area contributed by atoms with Gasteiger partial charge >= 0.3 is 11.9 Å². The van der Waals surface area contributed by atoms with E-state index in [1.165, 1.54) is 193 Å². The highest BCUT2D eigenvalue weighted by atomic mass is 16.5. The summed E-state index contributed by atoms with van der Waals surface area (Å²) in [5.74, 6) is 1.69. The molecule has 1 saturated heterocycles. The number of carbonyl (C=O) groups excluding carboxylic acids is 3. The molecule has 8 heteroatoms. The van der Waals surface area contributed by atoms with Gasteiger partial charge < -0.3 is 25.0 Å². The summed E-state index contributed by atoms with van der Waals surface area (Å²) in [5.41, 5.74) is -0.603. The van der Waals surface area contributed by atoms with Crippen LogP contribution in [0.1, 0.15) is 304 Å². The third-order valence-electron chi connectivity index (χ3n) is 16.4. The van der Waals surface area contributed by atoms with Crippen molar-refractivity contribution in [1.82, 2.24) is 15.5 Å². The van der Waals surface area contributed by atoms with Gasteiger partial charge in [-0.25, -0.2) is 0 Å². The molecule has 2 rings (SSSR count). The molecule has 0 aromatic heterocycles. The van der Waals surface area contributed by atoms with Crippen molar-refractivity contribution >= 4 is 17.8 Å². The van der Waals surface area contributed by atoms with Crippen LogP contribution in [-0.4, -0.2) is 74.2 Å². The van der Waals surface area contributed by atoms with E-state index in [1.807, 2.05) is 0 Å². The van der Waals surface area contributed by atoms with Crippen LogP contribution >= 0.6 is 0 Å². The van der Waals surface area contributed by atoms with Crippen molar-refractivity contribution in [3.63, 3.8) is 0 Å². The molecule has 0 radical (unpaired) electrons. The van der Waals surface area contributed by atoms with Crippen LogP contribution in [0.25, 0.3) is 0 Å². The predicted octanol–water partition coefficient (Wildman–Crippen LogP) is 16.8. The molecule has 0 aromatic rings. The summed E-state index contributed by atoms with van der Waals surface area (Å²) in [4.78, 5) is 42.8. The van der Waals surface area contributed by atoms with Crippen molar-refractivity contribution < 1.29 is 23.9 Å². The molecule has 1 atom stereocenters. The first kappa shape index (κ1) is 64.4. The maximum atomic E-state index is 14.0. The number of nitrogens with one attached hydrogen (secondary N) is 2. The zero-order valence-electron chi connectivity index (χ0n) is 47.4. The fourth-order valence-electron chi connectivity index (χ4n) is 11.5. The van der Waals surface area contributed by atoms with Gasteiger partial charge in [-0.1, -0.05) is 221 Å². The zero-order valence-corrected chi connectivity index (χ0v) is 47.4. The average Bonchev–Trinajstić information content (AvgIpc) is 3.60. The number of carbonyl (C=O) groups is 3. The molecule has 70 heavy (non-hydrogen) atoms. The van der Waals surface area contributed by atoms with Crippen molar-refractivity contribution in [3.05, 3.63) is 0 Å². The summed E-state index contributed by atoms with van der Waals surface area (Å²) >= 11 is 0. The van der Waals surface area contributed by atoms with E-state index in [1.54, 1.807) is 0 Å². The summed E-state index contributed by atoms with van der Waals surface area (Å²) in [6, 6.07) is 0. The maximum absolute atomic E-state index is 14.0. The van der Waals surface area contributed by atoms with Gasteiger partial charge in [-0.2, -0.15) is 0 Å². The molecule has 1 heterocycles. The molecule has 2 aliphatic rings. The van der Waals surface area contributed by atoms with Gasteiger partial charge in [-0.3, -0.25) is 14.4 Å². The lowest BCUT2D eigenvalue weighted by Crippen LogP contribution is -2.65. The van der Waals surface area contributed by atoms with Crippen LogP contribution in [0, 0.1) is 23.7 Å². The molecule has 0 aromatic carbocycles. The van der Waals surface area contributed by atoms with Gasteiger partial charge in [0.2, 0.25) is 5.91 Å². The Morgan fingerprint density at radius 2 is 0.929 bits per heavy atom. The standard InChI is InChI=1S/C62H119N3O5/c1-6-11-15-19-23-28-34-39-56(40-35-29-24-20-16-12-7-2)53-69-59(66)44-36-30-25-31-37-46-64-62(61(68)63-52-55-43-38-47-65(10-5)48-45-55)50-58(51-62)49-60(67)70-54-57(41-32-26-21-17-13-8-3)42-33-27-22-18-14-9-4/h55-58,64H,6-54H2,1-5H3,(H,63,68). The minimum Gasteiger partial charge on any atom is -0.465 e. The average molecular weight is 987 g/mol. The SMILES string of the molecule is CCCCCCCCCC(CCCCCCCCC)COC(=O)CCCCCCCNC1(C(=O)NCC2CCCN(CC)CC2)CC(CC(=O)OCC(CCCCCCCC)CCCCCCCC)C1. The van der Waals surface area contributed by atoms with Crippen LogP contribution in [-0.2, 0) is 23.9 Å². The number of esters is 2. The summed E-state index contributed by atoms with van der Waals surface area (Å²) in [6.07, 6.45) is 49.7. The number of rotatable bonds is 49. The summed E-state index contributed by atoms with van der Waals surface area (Å²) < 4.78 is 12.0. The van der Waals surface area contributed by atoms with Crippen LogP contribution in [0.2, 0.25) is 0 Å². The second-order valence-electron chi connectivity index (χ2n) is 23.0. The largest absolute Gasteiger partial charge is 0.465 e. The number of amides is 1. The molecule has 0 spiro atoms. The van der Waals surface area contributed by atoms with E-state index in [2.05, 4.69) is 50.2 Å². The Kier molecular flexibility index (Phi) is 41.2. The van der Waals surface area contributed by atoms with Crippen molar-refractivity contribution in [3.8, 4) is 0 Å². The predicted molar refractivity (Wildman–Crippen MR) is 298 cm³/mol. The molecule has 1 amide bonds. The van der Waals surface area contributed by atoms with Crippen molar-refractivity contribution in [2.24, 2.45) is 23.7 Å². The van der Waals surface area contributed by atoms with Gasteiger partial charge in [0.1, 0.15) is 0 Å². The van der Waals surface area contributed by atoms with E-state index in [9.17, 15) is 14.4 Å². The fourth-order valence-corrected chi connectivity index (χ4v) is 11.5. The van der Waals surface area contributed by atoms with Crippen molar-refractivity contribution in [2.45, 2.75) is 310 Å². The number of likely N-dealkylation sites (tertiary alicyclic amines) is 1. The van der Waals surface area contributed by atoms with E-state index in [0.29, 0.717) is 56.7 Å². The number of unbranched alkanes of at least 4 members (excludes halogenated alkanes) is 26. The fraction of sp³-hybridized carbons (Fsp3) is 0.952. The van der Waals surface area contributed by atoms with Gasteiger partial charge in [-0.05, 0) is 120 Å². The minimum atomic E-state index is -0.603. The van der Waals surface area contributed by atoms with E-state index in [-0.39, 0.29) is 23.8 Å². The Balaban J connectivity index is 1.81. The molecule has 8 nitrogen and oxygen atoms in total. The topological polar surface area (TPSA) is 97.0 Å².